The van der Waals surface area contributed by atoms with Gasteiger partial charge in [-0.05, 0) is 32.9 Å². The van der Waals surface area contributed by atoms with Crippen molar-refractivity contribution >= 4 is 17.6 Å². The molecule has 0 unspecified atom stereocenters. The van der Waals surface area contributed by atoms with Gasteiger partial charge in [0.2, 0.25) is 0 Å². The number of anilines is 1. The highest BCUT2D eigenvalue weighted by Crippen LogP contribution is 2.20. The van der Waals surface area contributed by atoms with Crippen molar-refractivity contribution in [3.8, 4) is 5.75 Å². The molecule has 3 amide bonds. The van der Waals surface area contributed by atoms with E-state index >= 15 is 0 Å². The Hall–Kier alpha value is -2.28. The quantitative estimate of drug-likeness (QED) is 0.717. The number of rotatable bonds is 4. The molecule has 1 aromatic carbocycles. The van der Waals surface area contributed by atoms with Crippen molar-refractivity contribution < 1.29 is 19.2 Å². The molecule has 3 N–H and O–H groups in total. The van der Waals surface area contributed by atoms with E-state index in [9.17, 15) is 9.59 Å². The minimum atomic E-state index is -0.438. The fourth-order valence-corrected chi connectivity index (χ4v) is 2.83. The van der Waals surface area contributed by atoms with Crippen molar-refractivity contribution in [3.63, 3.8) is 0 Å². The van der Waals surface area contributed by atoms with Crippen LogP contribution in [0.1, 0.15) is 20.8 Å². The van der Waals surface area contributed by atoms with E-state index in [0.717, 1.165) is 37.6 Å². The van der Waals surface area contributed by atoms with Gasteiger partial charge in [-0.1, -0.05) is 6.07 Å². The predicted octanol–water partition coefficient (Wildman–Crippen LogP) is 0.0244. The lowest BCUT2D eigenvalue weighted by molar-refractivity contribution is -0.892. The van der Waals surface area contributed by atoms with E-state index < -0.39 is 6.03 Å². The van der Waals surface area contributed by atoms with E-state index in [1.54, 1.807) is 7.11 Å². The van der Waals surface area contributed by atoms with Gasteiger partial charge in [0.1, 0.15) is 5.75 Å². The number of hydrogen-bond donors (Lipinski definition) is 3. The van der Waals surface area contributed by atoms with Gasteiger partial charge in [-0.15, -0.1) is 0 Å². The molecule has 0 saturated carbocycles. The number of piperazine rings is 1. The van der Waals surface area contributed by atoms with Crippen LogP contribution in [0.3, 0.4) is 0 Å². The second-order valence-corrected chi connectivity index (χ2v) is 7.37. The van der Waals surface area contributed by atoms with E-state index in [1.807, 2.05) is 39.0 Å². The first-order chi connectivity index (χ1) is 11.8. The summed E-state index contributed by atoms with van der Waals surface area (Å²) in [5.41, 5.74) is 0.770. The maximum Gasteiger partial charge on any atom is 0.322 e. The molecule has 0 atom stereocenters. The third-order valence-corrected chi connectivity index (χ3v) is 4.04. The molecule has 138 valence electrons. The molecule has 1 fully saturated rings. The van der Waals surface area contributed by atoms with Gasteiger partial charge in [0, 0.05) is 17.3 Å². The Balaban J connectivity index is 1.78. The zero-order valence-electron chi connectivity index (χ0n) is 15.5. The average Bonchev–Trinajstić information content (AvgIpc) is 2.53. The molecule has 0 aliphatic carbocycles. The number of benzene rings is 1. The number of urea groups is 1. The smallest absolute Gasteiger partial charge is 0.322 e. The average molecular weight is 349 g/mol. The summed E-state index contributed by atoms with van der Waals surface area (Å²) < 4.78 is 5.27. The Morgan fingerprint density at radius 1 is 1.24 bits per heavy atom. The lowest BCUT2D eigenvalue weighted by Crippen LogP contribution is -3.16. The Labute approximate surface area is 149 Å². The number of nitrogens with zero attached hydrogens (tertiary/aromatic N) is 1. The second-order valence-electron chi connectivity index (χ2n) is 7.37. The molecule has 25 heavy (non-hydrogen) atoms. The van der Waals surface area contributed by atoms with Crippen molar-refractivity contribution in [1.82, 2.24) is 10.6 Å². The molecule has 0 radical (unpaired) electrons. The normalized spacial score (nSPS) is 15.6. The highest BCUT2D eigenvalue weighted by Gasteiger charge is 2.24. The van der Waals surface area contributed by atoms with Crippen LogP contribution in [-0.4, -0.2) is 57.3 Å². The van der Waals surface area contributed by atoms with Crippen LogP contribution in [0, 0.1) is 0 Å². The van der Waals surface area contributed by atoms with E-state index in [1.165, 1.54) is 4.90 Å². The topological polar surface area (TPSA) is 75.1 Å². The summed E-state index contributed by atoms with van der Waals surface area (Å²) in [5.74, 6) is 0.600. The zero-order valence-corrected chi connectivity index (χ0v) is 15.5. The lowest BCUT2D eigenvalue weighted by atomic mass is 10.1. The summed E-state index contributed by atoms with van der Waals surface area (Å²) in [6.07, 6.45) is 0. The monoisotopic (exact) mass is 349 g/mol. The number of carbonyl (C=O) groups excluding carboxylic acids is 2. The summed E-state index contributed by atoms with van der Waals surface area (Å²) in [6.45, 7) is 9.37. The fraction of sp³-hybridized carbons (Fsp3) is 0.556. The molecular weight excluding hydrogens is 320 g/mol. The first kappa shape index (κ1) is 19.1. The highest BCUT2D eigenvalue weighted by molar-refractivity contribution is 5.94. The SMILES string of the molecule is COc1cccc(N2CC[NH+](CC(=O)NC(=O)NC(C)(C)C)CC2)c1. The third-order valence-electron chi connectivity index (χ3n) is 4.04. The number of imide groups is 1. The molecule has 0 spiro atoms. The summed E-state index contributed by atoms with van der Waals surface area (Å²) in [5, 5.41) is 5.13. The minimum Gasteiger partial charge on any atom is -0.497 e. The Bertz CT molecular complexity index is 605. The van der Waals surface area contributed by atoms with Gasteiger partial charge in [-0.25, -0.2) is 4.79 Å². The second kappa shape index (κ2) is 8.20. The first-order valence-electron chi connectivity index (χ1n) is 8.61. The number of methoxy groups -OCH3 is 1. The molecule has 7 heteroatoms. The molecular formula is C18H29N4O3+. The van der Waals surface area contributed by atoms with Crippen LogP contribution in [0.5, 0.6) is 5.75 Å². The van der Waals surface area contributed by atoms with Crippen LogP contribution in [0.2, 0.25) is 0 Å². The number of quaternary nitrogens is 1. The van der Waals surface area contributed by atoms with Crippen LogP contribution in [0.15, 0.2) is 24.3 Å². The minimum absolute atomic E-state index is 0.244. The van der Waals surface area contributed by atoms with Crippen molar-refractivity contribution in [2.24, 2.45) is 0 Å². The molecule has 1 aliphatic heterocycles. The van der Waals surface area contributed by atoms with Gasteiger partial charge in [0.15, 0.2) is 6.54 Å². The number of ether oxygens (including phenoxy) is 1. The van der Waals surface area contributed by atoms with Crippen LogP contribution in [0.25, 0.3) is 0 Å². The van der Waals surface area contributed by atoms with Gasteiger partial charge in [-0.3, -0.25) is 10.1 Å². The number of amides is 3. The van der Waals surface area contributed by atoms with Crippen molar-refractivity contribution in [3.05, 3.63) is 24.3 Å². The standard InChI is InChI=1S/C18H28N4O3/c1-18(2,3)20-17(24)19-16(23)13-21-8-10-22(11-9-21)14-6-5-7-15(12-14)25-4/h5-7,12H,8-11,13H2,1-4H3,(H2,19,20,23,24)/p+1. The maximum atomic E-state index is 12.0. The van der Waals surface area contributed by atoms with Crippen LogP contribution >= 0.6 is 0 Å². The van der Waals surface area contributed by atoms with Crippen LogP contribution in [0.4, 0.5) is 10.5 Å². The van der Waals surface area contributed by atoms with Gasteiger partial charge < -0.3 is 19.9 Å². The first-order valence-corrected chi connectivity index (χ1v) is 8.61. The predicted molar refractivity (Wildman–Crippen MR) is 97.2 cm³/mol. The molecule has 0 bridgehead atoms. The molecule has 0 aromatic heterocycles. The molecule has 1 heterocycles. The molecule has 1 aromatic rings. The summed E-state index contributed by atoms with van der Waals surface area (Å²) >= 11 is 0. The van der Waals surface area contributed by atoms with Crippen molar-refractivity contribution in [2.75, 3.05) is 44.7 Å². The Kier molecular flexibility index (Phi) is 6.25. The maximum absolute atomic E-state index is 12.0. The van der Waals surface area contributed by atoms with Gasteiger partial charge in [-0.2, -0.15) is 0 Å². The Morgan fingerprint density at radius 3 is 2.52 bits per heavy atom. The van der Waals surface area contributed by atoms with Crippen molar-refractivity contribution in [2.45, 2.75) is 26.3 Å². The van der Waals surface area contributed by atoms with Gasteiger partial charge in [0.25, 0.3) is 5.91 Å². The van der Waals surface area contributed by atoms with Crippen LogP contribution < -0.4 is 25.2 Å². The van der Waals surface area contributed by atoms with E-state index in [0.29, 0.717) is 6.54 Å². The van der Waals surface area contributed by atoms with E-state index in [-0.39, 0.29) is 11.4 Å². The highest BCUT2D eigenvalue weighted by atomic mass is 16.5. The summed E-state index contributed by atoms with van der Waals surface area (Å²) in [4.78, 5) is 27.2. The number of hydrogen-bond acceptors (Lipinski definition) is 4. The third kappa shape index (κ3) is 6.26. The molecule has 2 rings (SSSR count). The zero-order chi connectivity index (χ0) is 18.4. The number of nitrogens with one attached hydrogen (secondary N) is 3. The largest absolute Gasteiger partial charge is 0.497 e. The summed E-state index contributed by atoms with van der Waals surface area (Å²) in [6, 6.07) is 7.56. The molecule has 1 aliphatic rings. The molecule has 7 nitrogen and oxygen atoms in total. The van der Waals surface area contributed by atoms with E-state index in [4.69, 9.17) is 4.74 Å². The lowest BCUT2D eigenvalue weighted by Gasteiger charge is -2.33. The summed E-state index contributed by atoms with van der Waals surface area (Å²) in [7, 11) is 1.66. The van der Waals surface area contributed by atoms with Gasteiger partial charge in [0.05, 0.1) is 33.3 Å². The number of carbonyl (C=O) groups is 2. The Morgan fingerprint density at radius 2 is 1.92 bits per heavy atom. The molecule has 1 saturated heterocycles. The van der Waals surface area contributed by atoms with E-state index in [2.05, 4.69) is 21.6 Å². The van der Waals surface area contributed by atoms with Gasteiger partial charge >= 0.3 is 6.03 Å². The fourth-order valence-electron chi connectivity index (χ4n) is 2.83. The van der Waals surface area contributed by atoms with Crippen LogP contribution in [-0.2, 0) is 4.79 Å². The van der Waals surface area contributed by atoms with Crippen molar-refractivity contribution in [1.29, 1.82) is 0 Å².